The van der Waals surface area contributed by atoms with Crippen LogP contribution >= 0.6 is 27.3 Å². The van der Waals surface area contributed by atoms with Gasteiger partial charge in [-0.2, -0.15) is 0 Å². The molecule has 0 aromatic carbocycles. The van der Waals surface area contributed by atoms with Crippen LogP contribution in [0.1, 0.15) is 50.6 Å². The van der Waals surface area contributed by atoms with Gasteiger partial charge in [0.05, 0.1) is 0 Å². The molecule has 0 unspecified atom stereocenters. The Balaban J connectivity index is 2.03. The van der Waals surface area contributed by atoms with Gasteiger partial charge in [0.25, 0.3) is 0 Å². The second-order valence-electron chi connectivity index (χ2n) is 4.46. The van der Waals surface area contributed by atoms with Crippen molar-refractivity contribution in [3.63, 3.8) is 0 Å². The van der Waals surface area contributed by atoms with Crippen molar-refractivity contribution in [2.75, 3.05) is 5.33 Å². The van der Waals surface area contributed by atoms with Gasteiger partial charge in [0.2, 0.25) is 0 Å². The maximum atomic E-state index is 11.5. The smallest absolute Gasteiger partial charge is 0.303 e. The Morgan fingerprint density at radius 1 is 1.12 bits per heavy atom. The molecule has 0 saturated heterocycles. The molecule has 4 heteroatoms. The normalized spacial score (nSPS) is 10.9. The van der Waals surface area contributed by atoms with Gasteiger partial charge < -0.3 is 4.57 Å². The number of aryl methyl sites for hydroxylation is 1. The third-order valence-corrected chi connectivity index (χ3v) is 4.43. The summed E-state index contributed by atoms with van der Waals surface area (Å²) in [7, 11) is 0. The number of aromatic nitrogens is 1. The van der Waals surface area contributed by atoms with E-state index in [9.17, 15) is 4.79 Å². The van der Waals surface area contributed by atoms with Crippen LogP contribution in [0.4, 0.5) is 0 Å². The molecule has 0 spiro atoms. The molecule has 0 aliphatic heterocycles. The third kappa shape index (κ3) is 5.87. The molecular formula is C13H22BrNOS. The van der Waals surface area contributed by atoms with Crippen LogP contribution in [0.2, 0.25) is 0 Å². The van der Waals surface area contributed by atoms with E-state index in [-0.39, 0.29) is 4.87 Å². The van der Waals surface area contributed by atoms with Crippen LogP contribution in [-0.4, -0.2) is 9.90 Å². The van der Waals surface area contributed by atoms with Crippen molar-refractivity contribution in [2.24, 2.45) is 0 Å². The summed E-state index contributed by atoms with van der Waals surface area (Å²) in [5.74, 6) is 0. The lowest BCUT2D eigenvalue weighted by Gasteiger charge is -2.04. The number of thiazole rings is 1. The molecule has 0 saturated carbocycles. The molecular weight excluding hydrogens is 298 g/mol. The minimum Gasteiger partial charge on any atom is -0.303 e. The van der Waals surface area contributed by atoms with E-state index in [1.165, 1.54) is 49.9 Å². The monoisotopic (exact) mass is 319 g/mol. The Kier molecular flexibility index (Phi) is 7.86. The number of rotatable bonds is 9. The van der Waals surface area contributed by atoms with Gasteiger partial charge in [-0.3, -0.25) is 4.79 Å². The molecule has 0 radical (unpaired) electrons. The fourth-order valence-corrected chi connectivity index (χ4v) is 3.08. The molecule has 0 aliphatic rings. The van der Waals surface area contributed by atoms with Crippen molar-refractivity contribution in [3.8, 4) is 0 Å². The van der Waals surface area contributed by atoms with E-state index in [2.05, 4.69) is 15.9 Å². The summed E-state index contributed by atoms with van der Waals surface area (Å²) >= 11 is 4.76. The quantitative estimate of drug-likeness (QED) is 0.490. The number of halogens is 1. The van der Waals surface area contributed by atoms with Crippen molar-refractivity contribution in [1.29, 1.82) is 0 Å². The highest BCUT2D eigenvalue weighted by atomic mass is 79.9. The SMILES string of the molecule is Cc1csc(=O)n1CCCCCCCCCBr. The van der Waals surface area contributed by atoms with E-state index in [0.29, 0.717) is 0 Å². The zero-order chi connectivity index (χ0) is 12.5. The second-order valence-corrected chi connectivity index (χ2v) is 6.07. The molecule has 98 valence electrons. The number of hydrogen-bond acceptors (Lipinski definition) is 2. The zero-order valence-electron chi connectivity index (χ0n) is 10.6. The first-order valence-corrected chi connectivity index (χ1v) is 8.46. The average Bonchev–Trinajstić information content (AvgIpc) is 2.63. The van der Waals surface area contributed by atoms with Crippen LogP contribution in [0.25, 0.3) is 0 Å². The van der Waals surface area contributed by atoms with Crippen molar-refractivity contribution in [2.45, 2.75) is 58.4 Å². The molecule has 17 heavy (non-hydrogen) atoms. The fraction of sp³-hybridized carbons (Fsp3) is 0.769. The zero-order valence-corrected chi connectivity index (χ0v) is 13.0. The van der Waals surface area contributed by atoms with Crippen molar-refractivity contribution in [1.82, 2.24) is 4.57 Å². The van der Waals surface area contributed by atoms with Gasteiger partial charge in [-0.25, -0.2) is 0 Å². The molecule has 1 rings (SSSR count). The Morgan fingerprint density at radius 3 is 2.24 bits per heavy atom. The van der Waals surface area contributed by atoms with E-state index in [1.807, 2.05) is 16.9 Å². The lowest BCUT2D eigenvalue weighted by Crippen LogP contribution is -2.14. The van der Waals surface area contributed by atoms with Crippen molar-refractivity contribution in [3.05, 3.63) is 20.7 Å². The Bertz CT molecular complexity index is 359. The van der Waals surface area contributed by atoms with E-state index < -0.39 is 0 Å². The Morgan fingerprint density at radius 2 is 1.71 bits per heavy atom. The molecule has 1 aromatic rings. The highest BCUT2D eigenvalue weighted by Gasteiger charge is 2.01. The topological polar surface area (TPSA) is 22.0 Å². The van der Waals surface area contributed by atoms with Crippen LogP contribution in [0, 0.1) is 6.92 Å². The summed E-state index contributed by atoms with van der Waals surface area (Å²) < 4.78 is 1.90. The van der Waals surface area contributed by atoms with Crippen molar-refractivity contribution >= 4 is 27.3 Å². The van der Waals surface area contributed by atoms with Crippen LogP contribution in [0.3, 0.4) is 0 Å². The summed E-state index contributed by atoms with van der Waals surface area (Å²) in [4.78, 5) is 11.6. The molecule has 1 aromatic heterocycles. The Hall–Kier alpha value is -0.0900. The lowest BCUT2D eigenvalue weighted by molar-refractivity contribution is 0.543. The van der Waals surface area contributed by atoms with Gasteiger partial charge in [0.15, 0.2) is 0 Å². The Labute approximate surface area is 116 Å². The summed E-state index contributed by atoms with van der Waals surface area (Å²) in [5, 5.41) is 3.08. The predicted molar refractivity (Wildman–Crippen MR) is 79.4 cm³/mol. The summed E-state index contributed by atoms with van der Waals surface area (Å²) in [6.07, 6.45) is 9.01. The third-order valence-electron chi connectivity index (χ3n) is 2.99. The summed E-state index contributed by atoms with van der Waals surface area (Å²) in [5.41, 5.74) is 1.11. The standard InChI is InChI=1S/C13H22BrNOS/c1-12-11-17-13(16)15(12)10-8-6-4-2-3-5-7-9-14/h11H,2-10H2,1H3. The minimum absolute atomic E-state index is 0.194. The van der Waals surface area contributed by atoms with Crippen LogP contribution in [-0.2, 0) is 6.54 Å². The van der Waals surface area contributed by atoms with Gasteiger partial charge in [-0.05, 0) is 19.8 Å². The summed E-state index contributed by atoms with van der Waals surface area (Å²) in [6.45, 7) is 2.91. The first-order valence-electron chi connectivity index (χ1n) is 6.46. The van der Waals surface area contributed by atoms with Gasteiger partial charge in [0.1, 0.15) is 0 Å². The highest BCUT2D eigenvalue weighted by Crippen LogP contribution is 2.09. The van der Waals surface area contributed by atoms with Crippen LogP contribution < -0.4 is 4.87 Å². The van der Waals surface area contributed by atoms with Gasteiger partial charge in [-0.1, -0.05) is 59.4 Å². The number of alkyl halides is 1. The lowest BCUT2D eigenvalue weighted by atomic mass is 10.1. The summed E-state index contributed by atoms with van der Waals surface area (Å²) in [6, 6.07) is 0. The molecule has 2 nitrogen and oxygen atoms in total. The number of nitrogens with zero attached hydrogens (tertiary/aromatic N) is 1. The van der Waals surface area contributed by atoms with Crippen molar-refractivity contribution < 1.29 is 0 Å². The molecule has 0 aliphatic carbocycles. The molecule has 0 atom stereocenters. The first kappa shape index (κ1) is 15.0. The maximum Gasteiger partial charge on any atom is 0.307 e. The molecule has 0 amide bonds. The van der Waals surface area contributed by atoms with Crippen LogP contribution in [0.5, 0.6) is 0 Å². The van der Waals surface area contributed by atoms with E-state index in [0.717, 1.165) is 24.0 Å². The maximum absolute atomic E-state index is 11.5. The average molecular weight is 320 g/mol. The largest absolute Gasteiger partial charge is 0.307 e. The molecule has 0 N–H and O–H groups in total. The van der Waals surface area contributed by atoms with E-state index in [4.69, 9.17) is 0 Å². The highest BCUT2D eigenvalue weighted by molar-refractivity contribution is 9.09. The molecule has 0 fully saturated rings. The fourth-order valence-electron chi connectivity index (χ4n) is 1.92. The van der Waals surface area contributed by atoms with Gasteiger partial charge in [-0.15, -0.1) is 0 Å². The van der Waals surface area contributed by atoms with Gasteiger partial charge >= 0.3 is 4.87 Å². The first-order chi connectivity index (χ1) is 8.25. The van der Waals surface area contributed by atoms with Gasteiger partial charge in [0, 0.05) is 22.9 Å². The predicted octanol–water partition coefficient (Wildman–Crippen LogP) is 4.34. The van der Waals surface area contributed by atoms with E-state index in [1.54, 1.807) is 0 Å². The number of hydrogen-bond donors (Lipinski definition) is 0. The molecule has 0 bridgehead atoms. The second kappa shape index (κ2) is 8.92. The van der Waals surface area contributed by atoms with Crippen LogP contribution in [0.15, 0.2) is 10.2 Å². The number of unbranched alkanes of at least 4 members (excludes halogenated alkanes) is 6. The minimum atomic E-state index is 0.194. The molecule has 1 heterocycles. The van der Waals surface area contributed by atoms with E-state index >= 15 is 0 Å².